The Morgan fingerprint density at radius 1 is 1.24 bits per heavy atom. The first-order valence-corrected chi connectivity index (χ1v) is 8.74. The molecule has 1 atom stereocenters. The first kappa shape index (κ1) is 19.7. The van der Waals surface area contributed by atoms with E-state index < -0.39 is 27.9 Å². The maximum atomic E-state index is 11.7. The molecule has 21 heavy (non-hydrogen) atoms. The molecule has 0 saturated heterocycles. The first-order chi connectivity index (χ1) is 9.45. The minimum Gasteiger partial charge on any atom is -0.481 e. The molecule has 0 aliphatic carbocycles. The van der Waals surface area contributed by atoms with Crippen LogP contribution in [0.15, 0.2) is 0 Å². The van der Waals surface area contributed by atoms with Crippen molar-refractivity contribution in [2.75, 3.05) is 18.1 Å². The predicted molar refractivity (Wildman–Crippen MR) is 81.0 cm³/mol. The summed E-state index contributed by atoms with van der Waals surface area (Å²) in [4.78, 5) is 22.5. The topological polar surface area (TPSA) is 113 Å². The van der Waals surface area contributed by atoms with E-state index in [4.69, 9.17) is 5.11 Å². The summed E-state index contributed by atoms with van der Waals surface area (Å²) in [6, 6.07) is -1.04. The van der Waals surface area contributed by atoms with Gasteiger partial charge in [0.1, 0.15) is 0 Å². The standard InChI is InChI=1S/C13H26N2O5S/c1-5-21(19,20)7-6-14-12(18)15-10(8-11(16)17)9-13(2,3)4/h10H,5-9H2,1-4H3,(H,16,17)(H2,14,15,18). The molecule has 0 bridgehead atoms. The van der Waals surface area contributed by atoms with Crippen molar-refractivity contribution in [3.8, 4) is 0 Å². The zero-order chi connectivity index (χ0) is 16.7. The Morgan fingerprint density at radius 2 is 1.81 bits per heavy atom. The lowest BCUT2D eigenvalue weighted by Crippen LogP contribution is -2.45. The fourth-order valence-corrected chi connectivity index (χ4v) is 2.53. The van der Waals surface area contributed by atoms with Gasteiger partial charge in [0, 0.05) is 18.3 Å². The second-order valence-electron chi connectivity index (χ2n) is 6.20. The third kappa shape index (κ3) is 11.1. The van der Waals surface area contributed by atoms with Crippen molar-refractivity contribution < 1.29 is 23.1 Å². The van der Waals surface area contributed by atoms with Gasteiger partial charge in [-0.3, -0.25) is 4.79 Å². The molecule has 0 saturated carbocycles. The fourth-order valence-electron chi connectivity index (χ4n) is 1.83. The summed E-state index contributed by atoms with van der Waals surface area (Å²) < 4.78 is 22.6. The molecule has 0 aliphatic rings. The van der Waals surface area contributed by atoms with E-state index in [9.17, 15) is 18.0 Å². The maximum absolute atomic E-state index is 11.7. The average Bonchev–Trinajstić information content (AvgIpc) is 2.25. The van der Waals surface area contributed by atoms with Gasteiger partial charge in [-0.1, -0.05) is 27.7 Å². The Labute approximate surface area is 126 Å². The lowest BCUT2D eigenvalue weighted by atomic mass is 9.87. The van der Waals surface area contributed by atoms with Crippen molar-refractivity contribution in [1.82, 2.24) is 10.6 Å². The second-order valence-corrected chi connectivity index (χ2v) is 8.67. The van der Waals surface area contributed by atoms with Gasteiger partial charge in [0.15, 0.2) is 9.84 Å². The van der Waals surface area contributed by atoms with Gasteiger partial charge in [-0.05, 0) is 11.8 Å². The highest BCUT2D eigenvalue weighted by atomic mass is 32.2. The number of carbonyl (C=O) groups is 2. The molecule has 0 fully saturated rings. The molecule has 0 rings (SSSR count). The molecule has 0 aromatic rings. The monoisotopic (exact) mass is 322 g/mol. The maximum Gasteiger partial charge on any atom is 0.315 e. The van der Waals surface area contributed by atoms with Crippen LogP contribution in [-0.4, -0.2) is 49.6 Å². The van der Waals surface area contributed by atoms with Gasteiger partial charge in [0.05, 0.1) is 12.2 Å². The predicted octanol–water partition coefficient (Wildman–Crippen LogP) is 1.000. The van der Waals surface area contributed by atoms with E-state index in [0.717, 1.165) is 0 Å². The van der Waals surface area contributed by atoms with Gasteiger partial charge >= 0.3 is 12.0 Å². The molecule has 0 aliphatic heterocycles. The van der Waals surface area contributed by atoms with Crippen molar-refractivity contribution in [3.05, 3.63) is 0 Å². The van der Waals surface area contributed by atoms with Crippen molar-refractivity contribution >= 4 is 21.8 Å². The number of urea groups is 1. The van der Waals surface area contributed by atoms with Crippen LogP contribution >= 0.6 is 0 Å². The van der Waals surface area contributed by atoms with E-state index in [2.05, 4.69) is 10.6 Å². The Morgan fingerprint density at radius 3 is 2.24 bits per heavy atom. The number of nitrogens with one attached hydrogen (secondary N) is 2. The van der Waals surface area contributed by atoms with Gasteiger partial charge in [-0.15, -0.1) is 0 Å². The molecule has 0 aromatic carbocycles. The van der Waals surface area contributed by atoms with Crippen LogP contribution in [0.3, 0.4) is 0 Å². The lowest BCUT2D eigenvalue weighted by molar-refractivity contribution is -0.137. The third-order valence-electron chi connectivity index (χ3n) is 2.75. The summed E-state index contributed by atoms with van der Waals surface area (Å²) in [6.07, 6.45) is 0.345. The molecule has 124 valence electrons. The molecule has 0 aromatic heterocycles. The number of rotatable bonds is 8. The van der Waals surface area contributed by atoms with Crippen molar-refractivity contribution in [2.45, 2.75) is 46.6 Å². The molecule has 0 heterocycles. The Hall–Kier alpha value is -1.31. The van der Waals surface area contributed by atoms with Gasteiger partial charge in [-0.25, -0.2) is 13.2 Å². The number of sulfone groups is 1. The molecule has 8 heteroatoms. The first-order valence-electron chi connectivity index (χ1n) is 6.92. The van der Waals surface area contributed by atoms with E-state index >= 15 is 0 Å². The van der Waals surface area contributed by atoms with Crippen molar-refractivity contribution in [3.63, 3.8) is 0 Å². The SMILES string of the molecule is CCS(=O)(=O)CCNC(=O)NC(CC(=O)O)CC(C)(C)C. The van der Waals surface area contributed by atoms with Gasteiger partial charge < -0.3 is 15.7 Å². The van der Waals surface area contributed by atoms with Crippen LogP contribution in [0.25, 0.3) is 0 Å². The average molecular weight is 322 g/mol. The van der Waals surface area contributed by atoms with Crippen LogP contribution < -0.4 is 10.6 Å². The largest absolute Gasteiger partial charge is 0.481 e. The summed E-state index contributed by atoms with van der Waals surface area (Å²) >= 11 is 0. The lowest BCUT2D eigenvalue weighted by Gasteiger charge is -2.25. The Bertz CT molecular complexity index is 454. The number of hydrogen-bond donors (Lipinski definition) is 3. The minimum absolute atomic E-state index is 0.0112. The molecular weight excluding hydrogens is 296 g/mol. The fraction of sp³-hybridized carbons (Fsp3) is 0.846. The van der Waals surface area contributed by atoms with Crippen LogP contribution in [0.1, 0.15) is 40.5 Å². The van der Waals surface area contributed by atoms with Gasteiger partial charge in [0.2, 0.25) is 0 Å². The molecule has 1 unspecified atom stereocenters. The van der Waals surface area contributed by atoms with E-state index in [1.807, 2.05) is 20.8 Å². The summed E-state index contributed by atoms with van der Waals surface area (Å²) in [7, 11) is -3.13. The van der Waals surface area contributed by atoms with Crippen LogP contribution in [0, 0.1) is 5.41 Å². The summed E-state index contributed by atoms with van der Waals surface area (Å²) in [6.45, 7) is 7.42. The van der Waals surface area contributed by atoms with Crippen LogP contribution in [-0.2, 0) is 14.6 Å². The van der Waals surface area contributed by atoms with Crippen molar-refractivity contribution in [1.29, 1.82) is 0 Å². The molecule has 7 nitrogen and oxygen atoms in total. The molecule has 2 amide bonds. The number of carboxylic acids is 1. The second kappa shape index (κ2) is 8.21. The molecular formula is C13H26N2O5S. The molecule has 0 spiro atoms. The number of aliphatic carboxylic acids is 1. The minimum atomic E-state index is -3.13. The number of hydrogen-bond acceptors (Lipinski definition) is 4. The van der Waals surface area contributed by atoms with Crippen molar-refractivity contribution in [2.24, 2.45) is 5.41 Å². The Kier molecular flexibility index (Phi) is 7.70. The highest BCUT2D eigenvalue weighted by Crippen LogP contribution is 2.22. The number of carboxylic acid groups (broad SMARTS) is 1. The normalized spacial score (nSPS) is 13.5. The van der Waals surface area contributed by atoms with E-state index in [1.165, 1.54) is 0 Å². The number of amides is 2. The highest BCUT2D eigenvalue weighted by Gasteiger charge is 2.22. The smallest absolute Gasteiger partial charge is 0.315 e. The summed E-state index contributed by atoms with van der Waals surface area (Å²) in [5.74, 6) is -1.08. The highest BCUT2D eigenvalue weighted by molar-refractivity contribution is 7.91. The Balaban J connectivity index is 4.37. The van der Waals surface area contributed by atoms with Gasteiger partial charge in [-0.2, -0.15) is 0 Å². The number of carbonyl (C=O) groups excluding carboxylic acids is 1. The molecule has 3 N–H and O–H groups in total. The summed E-state index contributed by atoms with van der Waals surface area (Å²) in [5, 5.41) is 13.9. The van der Waals surface area contributed by atoms with E-state index in [0.29, 0.717) is 6.42 Å². The van der Waals surface area contributed by atoms with E-state index in [-0.39, 0.29) is 29.9 Å². The zero-order valence-corrected chi connectivity index (χ0v) is 13.9. The summed E-state index contributed by atoms with van der Waals surface area (Å²) in [5.41, 5.74) is -0.126. The molecule has 0 radical (unpaired) electrons. The van der Waals surface area contributed by atoms with E-state index in [1.54, 1.807) is 6.92 Å². The van der Waals surface area contributed by atoms with Gasteiger partial charge in [0.25, 0.3) is 0 Å². The third-order valence-corrected chi connectivity index (χ3v) is 4.46. The quantitative estimate of drug-likeness (QED) is 0.617. The van der Waals surface area contributed by atoms with Crippen LogP contribution in [0.5, 0.6) is 0 Å². The van der Waals surface area contributed by atoms with Crippen LogP contribution in [0.4, 0.5) is 4.79 Å². The van der Waals surface area contributed by atoms with Crippen LogP contribution in [0.2, 0.25) is 0 Å². The zero-order valence-electron chi connectivity index (χ0n) is 13.1.